The van der Waals surface area contributed by atoms with Crippen LogP contribution in [-0.2, 0) is 53.8 Å². The Balaban J connectivity index is 0.871. The molecule has 0 unspecified atom stereocenters. The highest BCUT2D eigenvalue weighted by atomic mass is 19.1. The Morgan fingerprint density at radius 3 is 2.46 bits per heavy atom. The lowest BCUT2D eigenvalue weighted by Gasteiger charge is -2.37. The number of pyridine rings is 2. The van der Waals surface area contributed by atoms with Crippen molar-refractivity contribution >= 4 is 34.7 Å². The predicted molar refractivity (Wildman–Crippen MR) is 221 cm³/mol. The van der Waals surface area contributed by atoms with Gasteiger partial charge in [-0.25, -0.2) is 19.0 Å². The highest BCUT2D eigenvalue weighted by Gasteiger charge is 2.46. The summed E-state index contributed by atoms with van der Waals surface area (Å²) >= 11 is 0. The third-order valence-electron chi connectivity index (χ3n) is 12.9. The van der Waals surface area contributed by atoms with Crippen molar-refractivity contribution in [3.8, 4) is 22.5 Å². The Bertz CT molecular complexity index is 2700. The average molecular weight is 829 g/mol. The van der Waals surface area contributed by atoms with Crippen molar-refractivity contribution in [2.24, 2.45) is 0 Å². The number of benzene rings is 3. The minimum atomic E-state index is -2.01. The van der Waals surface area contributed by atoms with Crippen LogP contribution >= 0.6 is 0 Å². The van der Waals surface area contributed by atoms with E-state index in [-0.39, 0.29) is 81.1 Å². The van der Waals surface area contributed by atoms with Gasteiger partial charge in [0.05, 0.1) is 48.2 Å². The van der Waals surface area contributed by atoms with Crippen LogP contribution in [0.3, 0.4) is 0 Å². The topological polar surface area (TPSA) is 166 Å². The van der Waals surface area contributed by atoms with Gasteiger partial charge in [0, 0.05) is 41.5 Å². The molecule has 0 fully saturated rings. The van der Waals surface area contributed by atoms with Crippen molar-refractivity contribution in [2.75, 3.05) is 32.9 Å². The second-order valence-corrected chi connectivity index (χ2v) is 16.1. The summed E-state index contributed by atoms with van der Waals surface area (Å²) in [5.74, 6) is -1.96. The van der Waals surface area contributed by atoms with Crippen LogP contribution in [0.1, 0.15) is 89.6 Å². The van der Waals surface area contributed by atoms with Gasteiger partial charge in [-0.05, 0) is 78.1 Å². The van der Waals surface area contributed by atoms with Crippen molar-refractivity contribution < 1.29 is 42.9 Å². The van der Waals surface area contributed by atoms with Crippen molar-refractivity contribution in [3.05, 3.63) is 121 Å². The quantitative estimate of drug-likeness (QED) is 0.112. The van der Waals surface area contributed by atoms with Gasteiger partial charge in [0.2, 0.25) is 5.91 Å². The maximum absolute atomic E-state index is 15.4. The number of halogens is 1. The van der Waals surface area contributed by atoms with E-state index >= 15 is 4.39 Å². The molecule has 13 nitrogen and oxygen atoms in total. The second kappa shape index (κ2) is 15.7. The molecular weight excluding hydrogens is 784 g/mol. The number of alkyl carbamates (subject to hydrolysis) is 1. The molecule has 0 saturated heterocycles. The van der Waals surface area contributed by atoms with E-state index in [2.05, 4.69) is 17.4 Å². The zero-order valence-corrected chi connectivity index (χ0v) is 34.1. The van der Waals surface area contributed by atoms with Crippen LogP contribution in [0, 0.1) is 12.7 Å². The molecule has 2 atom stereocenters. The number of aliphatic hydroxyl groups is 1. The third-order valence-corrected chi connectivity index (χ3v) is 12.9. The molecule has 2 amide bonds. The zero-order valence-electron chi connectivity index (χ0n) is 34.1. The standard InChI is InChI=1S/C47H45FN4O9/c1-4-47(58)35-18-39-43-32(21-52(39)44(55)34(35)23-60-45(47)56)42-38(15-14-27-25(3)36(48)19-37(50-43)41(27)42)51(5-2)40(54)24-59-17-16-26(53)20-49-46(57)61-22-33-30-12-8-6-10-28(30)29-11-7-9-13-31(29)33/h6-13,18-19,33,38,58H,4-5,14-17,20-24H2,1-3H3,(H,49,57)/t38-,47-/m0/s1. The number of carbonyl (C=O) groups excluding carboxylic acids is 4. The number of likely N-dealkylation sites (N-methyl/N-ethyl adjacent to an activating group) is 1. The first kappa shape index (κ1) is 40.2. The number of aryl methyl sites for hydroxylation is 1. The summed E-state index contributed by atoms with van der Waals surface area (Å²) in [4.78, 5) is 72.7. The molecule has 2 aromatic heterocycles. The maximum atomic E-state index is 15.4. The lowest BCUT2D eigenvalue weighted by molar-refractivity contribution is -0.172. The number of esters is 1. The fraction of sp³-hybridized carbons (Fsp3) is 0.362. The van der Waals surface area contributed by atoms with E-state index in [1.807, 2.05) is 43.3 Å². The first-order valence-corrected chi connectivity index (χ1v) is 20.7. The number of nitrogens with zero attached hydrogens (tertiary/aromatic N) is 3. The van der Waals surface area contributed by atoms with Crippen LogP contribution in [0.4, 0.5) is 9.18 Å². The van der Waals surface area contributed by atoms with Gasteiger partial charge in [0.25, 0.3) is 5.56 Å². The largest absolute Gasteiger partial charge is 0.458 e. The second-order valence-electron chi connectivity index (χ2n) is 16.1. The molecule has 2 aliphatic carbocycles. The predicted octanol–water partition coefficient (Wildman–Crippen LogP) is 5.88. The van der Waals surface area contributed by atoms with E-state index in [9.17, 15) is 29.1 Å². The minimum Gasteiger partial charge on any atom is -0.458 e. The van der Waals surface area contributed by atoms with Gasteiger partial charge >= 0.3 is 12.1 Å². The number of hydrogen-bond acceptors (Lipinski definition) is 10. The number of carbonyl (C=O) groups is 4. The van der Waals surface area contributed by atoms with Gasteiger partial charge < -0.3 is 34.1 Å². The van der Waals surface area contributed by atoms with Gasteiger partial charge in [-0.2, -0.15) is 0 Å². The van der Waals surface area contributed by atoms with Crippen molar-refractivity contribution in [3.63, 3.8) is 0 Å². The molecule has 9 rings (SSSR count). The Kier molecular flexibility index (Phi) is 10.3. The zero-order chi connectivity index (χ0) is 42.7. The third kappa shape index (κ3) is 6.59. The normalized spacial score (nSPS) is 18.1. The lowest BCUT2D eigenvalue weighted by atomic mass is 9.81. The molecular formula is C47H45FN4O9. The molecule has 3 aromatic carbocycles. The molecule has 314 valence electrons. The van der Waals surface area contributed by atoms with Crippen LogP contribution in [0.25, 0.3) is 33.4 Å². The Morgan fingerprint density at radius 2 is 1.75 bits per heavy atom. The summed E-state index contributed by atoms with van der Waals surface area (Å²) in [5.41, 5.74) is 6.28. The Hall–Kier alpha value is -6.25. The molecule has 61 heavy (non-hydrogen) atoms. The number of fused-ring (bicyclic) bond motifs is 8. The molecule has 0 bridgehead atoms. The van der Waals surface area contributed by atoms with Crippen LogP contribution in [0.5, 0.6) is 0 Å². The molecule has 4 aliphatic rings. The van der Waals surface area contributed by atoms with Gasteiger partial charge in [-0.1, -0.05) is 55.5 Å². The molecule has 14 heteroatoms. The number of amides is 2. The summed E-state index contributed by atoms with van der Waals surface area (Å²) in [5, 5.41) is 14.7. The molecule has 0 radical (unpaired) electrons. The summed E-state index contributed by atoms with van der Waals surface area (Å²) in [6.07, 6.45) is 0.209. The SMILES string of the molecule is CCN(C(=O)COCCC(=O)CNC(=O)OCC1c2ccccc2-c2ccccc21)[C@H]1CCc2c(C)c(F)cc3nc4c(c1c23)Cn1c-4cc2c(c1=O)COC(=O)[C@]2(O)CC. The fourth-order valence-electron chi connectivity index (χ4n) is 9.75. The van der Waals surface area contributed by atoms with E-state index in [1.165, 1.54) is 10.6 Å². The highest BCUT2D eigenvalue weighted by Crippen LogP contribution is 2.48. The van der Waals surface area contributed by atoms with Gasteiger partial charge in [-0.15, -0.1) is 0 Å². The van der Waals surface area contributed by atoms with Crippen LogP contribution in [0.15, 0.2) is 65.5 Å². The fourth-order valence-corrected chi connectivity index (χ4v) is 9.75. The van der Waals surface area contributed by atoms with Crippen molar-refractivity contribution in [2.45, 2.75) is 77.2 Å². The number of ether oxygens (including phenoxy) is 3. The monoisotopic (exact) mass is 828 g/mol. The molecule has 5 aromatic rings. The van der Waals surface area contributed by atoms with E-state index in [1.54, 1.807) is 24.8 Å². The van der Waals surface area contributed by atoms with E-state index < -0.39 is 35.1 Å². The first-order chi connectivity index (χ1) is 29.4. The number of hydrogen-bond donors (Lipinski definition) is 2. The van der Waals surface area contributed by atoms with Crippen LogP contribution < -0.4 is 10.9 Å². The highest BCUT2D eigenvalue weighted by molar-refractivity contribution is 5.94. The number of Topliss-reactive ketones (excluding diaryl/α,β-unsaturated/α-hetero) is 1. The van der Waals surface area contributed by atoms with Gasteiger partial charge in [0.1, 0.15) is 25.6 Å². The van der Waals surface area contributed by atoms with E-state index in [0.29, 0.717) is 47.4 Å². The average Bonchev–Trinajstić information content (AvgIpc) is 3.80. The first-order valence-electron chi connectivity index (χ1n) is 20.7. The van der Waals surface area contributed by atoms with Gasteiger partial charge in [-0.3, -0.25) is 14.4 Å². The Labute approximate surface area is 350 Å². The van der Waals surface area contributed by atoms with E-state index in [0.717, 1.165) is 38.8 Å². The molecule has 4 heterocycles. The minimum absolute atomic E-state index is 0.0110. The number of ketones is 1. The number of nitrogens with one attached hydrogen (secondary N) is 1. The molecule has 0 saturated carbocycles. The number of rotatable bonds is 12. The molecule has 2 N–H and O–H groups in total. The number of aromatic nitrogens is 2. The maximum Gasteiger partial charge on any atom is 0.407 e. The van der Waals surface area contributed by atoms with E-state index in [4.69, 9.17) is 19.2 Å². The lowest BCUT2D eigenvalue weighted by Crippen LogP contribution is -2.44. The summed E-state index contributed by atoms with van der Waals surface area (Å²) in [7, 11) is 0. The van der Waals surface area contributed by atoms with Crippen molar-refractivity contribution in [1.29, 1.82) is 0 Å². The van der Waals surface area contributed by atoms with Crippen LogP contribution in [-0.4, -0.2) is 76.2 Å². The molecule has 0 spiro atoms. The number of cyclic esters (lactones) is 1. The summed E-state index contributed by atoms with van der Waals surface area (Å²) < 4.78 is 33.5. The van der Waals surface area contributed by atoms with Gasteiger partial charge in [0.15, 0.2) is 11.4 Å². The smallest absolute Gasteiger partial charge is 0.407 e. The van der Waals surface area contributed by atoms with Crippen molar-refractivity contribution in [1.82, 2.24) is 19.8 Å². The Morgan fingerprint density at radius 1 is 1.03 bits per heavy atom. The molecule has 2 aliphatic heterocycles. The summed E-state index contributed by atoms with van der Waals surface area (Å²) in [6.45, 7) is 4.89. The van der Waals surface area contributed by atoms with Crippen LogP contribution in [0.2, 0.25) is 0 Å². The summed E-state index contributed by atoms with van der Waals surface area (Å²) in [6, 6.07) is 18.6.